The SMILES string of the molecule is CC[Si](C)(C)OC(OC)=C(C)C1CCCCC1. The van der Waals surface area contributed by atoms with Crippen molar-refractivity contribution in [2.45, 2.75) is 65.1 Å². The van der Waals surface area contributed by atoms with Crippen LogP contribution in [0.3, 0.4) is 0 Å². The molecule has 0 aromatic rings. The molecule has 0 bridgehead atoms. The van der Waals surface area contributed by atoms with Gasteiger partial charge >= 0.3 is 0 Å². The van der Waals surface area contributed by atoms with Gasteiger partial charge in [-0.2, -0.15) is 0 Å². The van der Waals surface area contributed by atoms with E-state index in [0.717, 1.165) is 12.0 Å². The van der Waals surface area contributed by atoms with Gasteiger partial charge < -0.3 is 9.16 Å². The second-order valence-corrected chi connectivity index (χ2v) is 10.2. The van der Waals surface area contributed by atoms with E-state index in [1.165, 1.54) is 37.7 Å². The Labute approximate surface area is 108 Å². The quantitative estimate of drug-likeness (QED) is 0.525. The average molecular weight is 256 g/mol. The molecule has 0 aromatic carbocycles. The molecule has 1 rings (SSSR count). The van der Waals surface area contributed by atoms with Gasteiger partial charge in [0.2, 0.25) is 8.32 Å². The smallest absolute Gasteiger partial charge is 0.264 e. The molecular formula is C14H28O2Si. The lowest BCUT2D eigenvalue weighted by Crippen LogP contribution is -2.30. The van der Waals surface area contributed by atoms with Gasteiger partial charge in [0.15, 0.2) is 0 Å². The summed E-state index contributed by atoms with van der Waals surface area (Å²) in [5.41, 5.74) is 1.33. The number of hydrogen-bond donors (Lipinski definition) is 0. The van der Waals surface area contributed by atoms with Crippen LogP contribution in [0.4, 0.5) is 0 Å². The Morgan fingerprint density at radius 3 is 2.24 bits per heavy atom. The molecule has 17 heavy (non-hydrogen) atoms. The molecule has 0 saturated heterocycles. The third-order valence-corrected chi connectivity index (χ3v) is 6.39. The Bertz CT molecular complexity index is 265. The van der Waals surface area contributed by atoms with E-state index in [-0.39, 0.29) is 0 Å². The minimum atomic E-state index is -1.57. The zero-order chi connectivity index (χ0) is 12.9. The second kappa shape index (κ2) is 6.48. The van der Waals surface area contributed by atoms with Gasteiger partial charge in [0, 0.05) is 5.57 Å². The molecule has 0 radical (unpaired) electrons. The summed E-state index contributed by atoms with van der Waals surface area (Å²) < 4.78 is 11.6. The first kappa shape index (κ1) is 14.6. The Morgan fingerprint density at radius 2 is 1.76 bits per heavy atom. The highest BCUT2D eigenvalue weighted by Gasteiger charge is 2.26. The maximum absolute atomic E-state index is 6.15. The van der Waals surface area contributed by atoms with Gasteiger partial charge in [-0.15, -0.1) is 0 Å². The Hall–Kier alpha value is -0.443. The van der Waals surface area contributed by atoms with E-state index in [0.29, 0.717) is 5.92 Å². The first-order valence-corrected chi connectivity index (χ1v) is 10.1. The zero-order valence-electron chi connectivity index (χ0n) is 12.1. The highest BCUT2D eigenvalue weighted by atomic mass is 28.4. The molecule has 0 aliphatic heterocycles. The van der Waals surface area contributed by atoms with Crippen LogP contribution in [0.2, 0.25) is 19.1 Å². The average Bonchev–Trinajstić information content (AvgIpc) is 2.36. The molecule has 0 heterocycles. The lowest BCUT2D eigenvalue weighted by molar-refractivity contribution is 0.134. The van der Waals surface area contributed by atoms with Gasteiger partial charge in [0.05, 0.1) is 7.11 Å². The molecule has 0 aromatic heterocycles. The molecule has 3 heteroatoms. The van der Waals surface area contributed by atoms with Crippen LogP contribution in [-0.4, -0.2) is 15.4 Å². The molecule has 0 spiro atoms. The summed E-state index contributed by atoms with van der Waals surface area (Å²) in [5.74, 6) is 1.50. The minimum absolute atomic E-state index is 0.681. The molecule has 1 saturated carbocycles. The number of rotatable bonds is 5. The van der Waals surface area contributed by atoms with Crippen LogP contribution in [0.15, 0.2) is 11.5 Å². The van der Waals surface area contributed by atoms with E-state index in [1.807, 2.05) is 0 Å². The van der Waals surface area contributed by atoms with Gasteiger partial charge in [-0.25, -0.2) is 0 Å². The maximum Gasteiger partial charge on any atom is 0.264 e. The van der Waals surface area contributed by atoms with Crippen molar-refractivity contribution in [3.63, 3.8) is 0 Å². The van der Waals surface area contributed by atoms with Crippen molar-refractivity contribution in [1.29, 1.82) is 0 Å². The van der Waals surface area contributed by atoms with Crippen LogP contribution < -0.4 is 0 Å². The molecule has 0 amide bonds. The van der Waals surface area contributed by atoms with Gasteiger partial charge in [-0.05, 0) is 44.8 Å². The monoisotopic (exact) mass is 256 g/mol. The van der Waals surface area contributed by atoms with Crippen molar-refractivity contribution in [3.8, 4) is 0 Å². The van der Waals surface area contributed by atoms with Crippen molar-refractivity contribution < 1.29 is 9.16 Å². The molecule has 1 aliphatic rings. The lowest BCUT2D eigenvalue weighted by Gasteiger charge is -2.28. The highest BCUT2D eigenvalue weighted by molar-refractivity contribution is 6.71. The fraction of sp³-hybridized carbons (Fsp3) is 0.857. The van der Waals surface area contributed by atoms with Crippen LogP contribution in [-0.2, 0) is 9.16 Å². The molecular weight excluding hydrogens is 228 g/mol. The summed E-state index contributed by atoms with van der Waals surface area (Å²) in [6.45, 7) is 8.89. The normalized spacial score (nSPS) is 19.8. The Kier molecular flexibility index (Phi) is 5.57. The summed E-state index contributed by atoms with van der Waals surface area (Å²) in [6, 6.07) is 1.12. The van der Waals surface area contributed by atoms with E-state index in [1.54, 1.807) is 7.11 Å². The predicted octanol–water partition coefficient (Wildman–Crippen LogP) is 4.69. The fourth-order valence-electron chi connectivity index (χ4n) is 2.31. The van der Waals surface area contributed by atoms with E-state index in [9.17, 15) is 0 Å². The molecule has 1 fully saturated rings. The van der Waals surface area contributed by atoms with Crippen molar-refractivity contribution in [2.75, 3.05) is 7.11 Å². The van der Waals surface area contributed by atoms with E-state index in [2.05, 4.69) is 26.9 Å². The van der Waals surface area contributed by atoms with Crippen LogP contribution in [0.25, 0.3) is 0 Å². The predicted molar refractivity (Wildman–Crippen MR) is 75.3 cm³/mol. The van der Waals surface area contributed by atoms with E-state index in [4.69, 9.17) is 9.16 Å². The van der Waals surface area contributed by atoms with Crippen LogP contribution in [0.1, 0.15) is 46.0 Å². The number of allylic oxidation sites excluding steroid dienone is 1. The van der Waals surface area contributed by atoms with Gasteiger partial charge in [-0.3, -0.25) is 0 Å². The minimum Gasteiger partial charge on any atom is -0.519 e. The van der Waals surface area contributed by atoms with Crippen LogP contribution in [0.5, 0.6) is 0 Å². The number of methoxy groups -OCH3 is 1. The summed E-state index contributed by atoms with van der Waals surface area (Å²) >= 11 is 0. The van der Waals surface area contributed by atoms with Crippen molar-refractivity contribution >= 4 is 8.32 Å². The number of hydrogen-bond acceptors (Lipinski definition) is 2. The summed E-state index contributed by atoms with van der Waals surface area (Å²) in [5, 5.41) is 0. The van der Waals surface area contributed by atoms with Gasteiger partial charge in [0.25, 0.3) is 5.95 Å². The largest absolute Gasteiger partial charge is 0.519 e. The lowest BCUT2D eigenvalue weighted by atomic mass is 9.85. The first-order valence-electron chi connectivity index (χ1n) is 6.94. The maximum atomic E-state index is 6.15. The number of ether oxygens (including phenoxy) is 1. The third-order valence-electron chi connectivity index (χ3n) is 3.95. The third kappa shape index (κ3) is 4.38. The molecule has 2 nitrogen and oxygen atoms in total. The Morgan fingerprint density at radius 1 is 1.18 bits per heavy atom. The molecule has 1 aliphatic carbocycles. The first-order chi connectivity index (χ1) is 8.00. The summed E-state index contributed by atoms with van der Waals surface area (Å²) in [4.78, 5) is 0. The van der Waals surface area contributed by atoms with E-state index >= 15 is 0 Å². The van der Waals surface area contributed by atoms with Crippen LogP contribution >= 0.6 is 0 Å². The second-order valence-electron chi connectivity index (χ2n) is 5.72. The fourth-order valence-corrected chi connectivity index (χ4v) is 3.20. The summed E-state index contributed by atoms with van der Waals surface area (Å²) in [7, 11) is 0.167. The standard InChI is InChI=1S/C14H28O2Si/c1-6-17(4,5)16-14(15-3)12(2)13-10-8-7-9-11-13/h13H,6-11H2,1-5H3. The highest BCUT2D eigenvalue weighted by Crippen LogP contribution is 2.32. The molecule has 0 N–H and O–H groups in total. The Balaban J connectivity index is 2.74. The molecule has 0 atom stereocenters. The molecule has 100 valence electrons. The topological polar surface area (TPSA) is 18.5 Å². The zero-order valence-corrected chi connectivity index (χ0v) is 13.1. The summed E-state index contributed by atoms with van der Waals surface area (Å²) in [6.07, 6.45) is 6.70. The van der Waals surface area contributed by atoms with Crippen molar-refractivity contribution in [3.05, 3.63) is 11.5 Å². The van der Waals surface area contributed by atoms with Crippen molar-refractivity contribution in [1.82, 2.24) is 0 Å². The molecule has 0 unspecified atom stereocenters. The van der Waals surface area contributed by atoms with Gasteiger partial charge in [-0.1, -0.05) is 26.2 Å². The van der Waals surface area contributed by atoms with Crippen LogP contribution in [0, 0.1) is 5.92 Å². The van der Waals surface area contributed by atoms with Crippen molar-refractivity contribution in [2.24, 2.45) is 5.92 Å². The van der Waals surface area contributed by atoms with E-state index < -0.39 is 8.32 Å². The van der Waals surface area contributed by atoms with Gasteiger partial charge in [0.1, 0.15) is 0 Å².